The van der Waals surface area contributed by atoms with Crippen LogP contribution >= 0.6 is 11.6 Å². The molecule has 0 saturated heterocycles. The van der Waals surface area contributed by atoms with Gasteiger partial charge >= 0.3 is 12.2 Å². The second kappa shape index (κ2) is 9.79. The van der Waals surface area contributed by atoms with Crippen molar-refractivity contribution >= 4 is 40.1 Å². The molecular formula is C24H24ClF3N4O3. The minimum atomic E-state index is -4.64. The van der Waals surface area contributed by atoms with Gasteiger partial charge in [0.25, 0.3) is 5.91 Å². The van der Waals surface area contributed by atoms with Crippen LogP contribution in [0.4, 0.5) is 23.7 Å². The number of carbonyl (C=O) groups excluding carboxylic acids is 2. The van der Waals surface area contributed by atoms with Gasteiger partial charge in [0.15, 0.2) is 0 Å². The Morgan fingerprint density at radius 2 is 2.03 bits per heavy atom. The van der Waals surface area contributed by atoms with Crippen LogP contribution in [-0.2, 0) is 19.0 Å². The van der Waals surface area contributed by atoms with Crippen LogP contribution in [0.25, 0.3) is 10.9 Å². The molecule has 0 bridgehead atoms. The zero-order valence-corrected chi connectivity index (χ0v) is 19.5. The van der Waals surface area contributed by atoms with Gasteiger partial charge in [-0.1, -0.05) is 17.7 Å². The summed E-state index contributed by atoms with van der Waals surface area (Å²) < 4.78 is 39.3. The second-order valence-corrected chi connectivity index (χ2v) is 9.01. The number of H-pyrrole nitrogens is 1. The van der Waals surface area contributed by atoms with Gasteiger partial charge in [-0.2, -0.15) is 13.2 Å². The number of urea groups is 1. The van der Waals surface area contributed by atoms with Crippen LogP contribution in [0.15, 0.2) is 36.4 Å². The zero-order valence-electron chi connectivity index (χ0n) is 18.7. The summed E-state index contributed by atoms with van der Waals surface area (Å²) in [6.45, 7) is 1.51. The topological polar surface area (TPSA) is 106 Å². The molecule has 11 heteroatoms. The molecule has 2 atom stereocenters. The van der Waals surface area contributed by atoms with E-state index in [2.05, 4.69) is 20.9 Å². The number of benzene rings is 2. The maximum Gasteiger partial charge on any atom is 0.417 e. The van der Waals surface area contributed by atoms with E-state index in [1.54, 1.807) is 19.1 Å². The molecule has 35 heavy (non-hydrogen) atoms. The third-order valence-corrected chi connectivity index (χ3v) is 6.30. The lowest BCUT2D eigenvalue weighted by Gasteiger charge is -2.24. The highest BCUT2D eigenvalue weighted by Crippen LogP contribution is 2.36. The molecule has 0 aliphatic heterocycles. The maximum atomic E-state index is 13.1. The highest BCUT2D eigenvalue weighted by Gasteiger charge is 2.33. The quantitative estimate of drug-likeness (QED) is 0.347. The smallest absolute Gasteiger partial charge is 0.394 e. The molecule has 1 aliphatic rings. The second-order valence-electron chi connectivity index (χ2n) is 8.60. The van der Waals surface area contributed by atoms with Crippen molar-refractivity contribution in [1.82, 2.24) is 15.6 Å². The molecule has 0 radical (unpaired) electrons. The molecule has 3 amide bonds. The largest absolute Gasteiger partial charge is 0.417 e. The molecule has 7 nitrogen and oxygen atoms in total. The van der Waals surface area contributed by atoms with E-state index in [0.29, 0.717) is 24.8 Å². The SMILES string of the molecule is CC(CO)NC(=O)c1cccc2[nH]c3c(c12)CC(NC(=O)Nc1ccc(Cl)c(C(F)(F)F)c1)CC3. The molecule has 0 saturated carbocycles. The van der Waals surface area contributed by atoms with Gasteiger partial charge in [0.2, 0.25) is 0 Å². The fourth-order valence-corrected chi connectivity index (χ4v) is 4.53. The first kappa shape index (κ1) is 24.9. The highest BCUT2D eigenvalue weighted by atomic mass is 35.5. The van der Waals surface area contributed by atoms with Crippen molar-refractivity contribution < 1.29 is 27.9 Å². The fourth-order valence-electron chi connectivity index (χ4n) is 4.31. The average Bonchev–Trinajstić information content (AvgIpc) is 3.17. The number of anilines is 1. The Morgan fingerprint density at radius 1 is 1.26 bits per heavy atom. The average molecular weight is 509 g/mol. The van der Waals surface area contributed by atoms with Crippen LogP contribution in [0.2, 0.25) is 5.02 Å². The van der Waals surface area contributed by atoms with Crippen molar-refractivity contribution in [2.75, 3.05) is 11.9 Å². The van der Waals surface area contributed by atoms with Crippen molar-refractivity contribution in [3.05, 3.63) is 63.8 Å². The summed E-state index contributed by atoms with van der Waals surface area (Å²) in [5, 5.41) is 17.6. The molecule has 0 fully saturated rings. The number of aromatic amines is 1. The number of hydrogen-bond acceptors (Lipinski definition) is 3. The normalized spacial score (nSPS) is 16.5. The van der Waals surface area contributed by atoms with Crippen molar-refractivity contribution in [3.8, 4) is 0 Å². The number of alkyl halides is 3. The van der Waals surface area contributed by atoms with Crippen molar-refractivity contribution in [2.45, 2.75) is 44.4 Å². The lowest BCUT2D eigenvalue weighted by atomic mass is 9.90. The van der Waals surface area contributed by atoms with E-state index >= 15 is 0 Å². The molecule has 5 N–H and O–H groups in total. The minimum absolute atomic E-state index is 0.0280. The van der Waals surface area contributed by atoms with Crippen molar-refractivity contribution in [2.24, 2.45) is 0 Å². The molecule has 2 aromatic carbocycles. The van der Waals surface area contributed by atoms with Crippen LogP contribution in [-0.4, -0.2) is 40.7 Å². The Bertz CT molecular complexity index is 1270. The van der Waals surface area contributed by atoms with Crippen LogP contribution in [0, 0.1) is 0 Å². The third-order valence-electron chi connectivity index (χ3n) is 5.97. The molecule has 3 aromatic rings. The summed E-state index contributed by atoms with van der Waals surface area (Å²) in [5.74, 6) is -0.310. The monoisotopic (exact) mass is 508 g/mol. The molecule has 4 rings (SSSR count). The number of nitrogens with one attached hydrogen (secondary N) is 4. The Labute approximate surface area is 204 Å². The minimum Gasteiger partial charge on any atom is -0.394 e. The first-order chi connectivity index (χ1) is 16.6. The Morgan fingerprint density at radius 3 is 2.74 bits per heavy atom. The van der Waals surface area contributed by atoms with E-state index in [9.17, 15) is 27.9 Å². The summed E-state index contributed by atoms with van der Waals surface area (Å²) in [6.07, 6.45) is -2.96. The summed E-state index contributed by atoms with van der Waals surface area (Å²) in [6, 6.07) is 7.19. The van der Waals surface area contributed by atoms with Crippen molar-refractivity contribution in [3.63, 3.8) is 0 Å². The summed E-state index contributed by atoms with van der Waals surface area (Å²) in [5.41, 5.74) is 2.09. The van der Waals surface area contributed by atoms with Gasteiger partial charge in [-0.25, -0.2) is 4.79 Å². The lowest BCUT2D eigenvalue weighted by molar-refractivity contribution is -0.137. The van der Waals surface area contributed by atoms with Crippen LogP contribution in [0.3, 0.4) is 0 Å². The standard InChI is InChI=1S/C24H24ClF3N4O3/c1-12(11-33)29-22(34)15-3-2-4-20-21(15)16-9-13(6-8-19(16)32-20)30-23(35)31-14-5-7-18(25)17(10-14)24(26,27)28/h2-5,7,10,12-13,32-33H,6,8-9,11H2,1H3,(H,29,34)(H2,30,31,35). The van der Waals surface area contributed by atoms with E-state index in [4.69, 9.17) is 11.6 Å². The van der Waals surface area contributed by atoms with Gasteiger partial charge in [-0.05, 0) is 62.1 Å². The van der Waals surface area contributed by atoms with E-state index in [0.717, 1.165) is 34.3 Å². The van der Waals surface area contributed by atoms with Gasteiger partial charge in [0.1, 0.15) is 0 Å². The number of carbonyl (C=O) groups is 2. The van der Waals surface area contributed by atoms with Gasteiger partial charge in [-0.3, -0.25) is 4.79 Å². The van der Waals surface area contributed by atoms with Crippen molar-refractivity contribution in [1.29, 1.82) is 0 Å². The van der Waals surface area contributed by atoms with E-state index < -0.39 is 28.8 Å². The molecule has 2 unspecified atom stereocenters. The lowest BCUT2D eigenvalue weighted by Crippen LogP contribution is -2.41. The molecule has 186 valence electrons. The van der Waals surface area contributed by atoms with Gasteiger partial charge in [-0.15, -0.1) is 0 Å². The molecule has 1 aliphatic carbocycles. The Hall–Kier alpha value is -3.24. The highest BCUT2D eigenvalue weighted by molar-refractivity contribution is 6.31. The molecule has 0 spiro atoms. The van der Waals surface area contributed by atoms with E-state index in [1.165, 1.54) is 6.07 Å². The number of aryl methyl sites for hydroxylation is 1. The number of aliphatic hydroxyl groups is 1. The third kappa shape index (κ3) is 5.38. The van der Waals surface area contributed by atoms with E-state index in [1.807, 2.05) is 6.07 Å². The number of hydrogen-bond donors (Lipinski definition) is 5. The first-order valence-corrected chi connectivity index (χ1v) is 11.4. The maximum absolute atomic E-state index is 13.1. The van der Waals surface area contributed by atoms with Gasteiger partial charge in [0, 0.05) is 39.9 Å². The summed E-state index contributed by atoms with van der Waals surface area (Å²) in [4.78, 5) is 28.7. The predicted octanol–water partition coefficient (Wildman–Crippen LogP) is 4.63. The van der Waals surface area contributed by atoms with Crippen LogP contribution in [0.1, 0.15) is 40.5 Å². The number of amides is 3. The van der Waals surface area contributed by atoms with Crippen LogP contribution in [0.5, 0.6) is 0 Å². The summed E-state index contributed by atoms with van der Waals surface area (Å²) in [7, 11) is 0. The number of fused-ring (bicyclic) bond motifs is 3. The van der Waals surface area contributed by atoms with Gasteiger partial charge in [0.05, 0.1) is 17.2 Å². The fraction of sp³-hybridized carbons (Fsp3) is 0.333. The van der Waals surface area contributed by atoms with Gasteiger partial charge < -0.3 is 26.0 Å². The zero-order chi connectivity index (χ0) is 25.3. The number of aromatic nitrogens is 1. The predicted molar refractivity (Wildman–Crippen MR) is 127 cm³/mol. The van der Waals surface area contributed by atoms with Crippen LogP contribution < -0.4 is 16.0 Å². The summed E-state index contributed by atoms with van der Waals surface area (Å²) >= 11 is 5.64. The molecule has 1 heterocycles. The number of rotatable bonds is 5. The molecule has 1 aromatic heterocycles. The number of halogens is 4. The van der Waals surface area contributed by atoms with E-state index in [-0.39, 0.29) is 24.2 Å². The number of aliphatic hydroxyl groups excluding tert-OH is 1. The first-order valence-electron chi connectivity index (χ1n) is 11.0. The molecular weight excluding hydrogens is 485 g/mol. The Kier molecular flexibility index (Phi) is 6.95. The Balaban J connectivity index is 1.51.